The van der Waals surface area contributed by atoms with Crippen LogP contribution in [0.3, 0.4) is 0 Å². The Morgan fingerprint density at radius 1 is 1.20 bits per heavy atom. The molecular formula is C16H19N3O. The summed E-state index contributed by atoms with van der Waals surface area (Å²) in [7, 11) is 0. The topological polar surface area (TPSA) is 68.0 Å². The van der Waals surface area contributed by atoms with E-state index < -0.39 is 0 Å². The molecule has 0 saturated heterocycles. The highest BCUT2D eigenvalue weighted by Gasteiger charge is 2.21. The summed E-state index contributed by atoms with van der Waals surface area (Å²) in [5.74, 6) is -0.404. The minimum atomic E-state index is -0.331. The van der Waals surface area contributed by atoms with E-state index in [-0.39, 0.29) is 24.4 Å². The number of pyridine rings is 1. The van der Waals surface area contributed by atoms with Gasteiger partial charge in [-0.05, 0) is 24.6 Å². The van der Waals surface area contributed by atoms with Crippen LogP contribution in [0.1, 0.15) is 30.1 Å². The number of nitrogens with two attached hydrogens (primary N) is 1. The van der Waals surface area contributed by atoms with E-state index in [4.69, 9.17) is 5.73 Å². The normalized spacial score (nSPS) is 13.5. The van der Waals surface area contributed by atoms with Gasteiger partial charge in [0.1, 0.15) is 0 Å². The SMILES string of the molecule is C[C@@H](NC(=O)C(CN)c1ccccc1)c1ccccn1. The lowest BCUT2D eigenvalue weighted by atomic mass is 9.98. The molecule has 0 aliphatic carbocycles. The Labute approximate surface area is 119 Å². The van der Waals surface area contributed by atoms with Crippen LogP contribution in [0, 0.1) is 0 Å². The van der Waals surface area contributed by atoms with Crippen LogP contribution in [0.15, 0.2) is 54.7 Å². The van der Waals surface area contributed by atoms with Crippen LogP contribution < -0.4 is 11.1 Å². The number of hydrogen-bond acceptors (Lipinski definition) is 3. The molecule has 104 valence electrons. The second kappa shape index (κ2) is 6.82. The lowest BCUT2D eigenvalue weighted by Gasteiger charge is -2.19. The van der Waals surface area contributed by atoms with E-state index >= 15 is 0 Å². The van der Waals surface area contributed by atoms with Gasteiger partial charge in [0, 0.05) is 12.7 Å². The van der Waals surface area contributed by atoms with Crippen LogP contribution in [0.25, 0.3) is 0 Å². The van der Waals surface area contributed by atoms with E-state index in [9.17, 15) is 4.79 Å². The molecule has 20 heavy (non-hydrogen) atoms. The lowest BCUT2D eigenvalue weighted by Crippen LogP contribution is -2.35. The third-order valence-corrected chi connectivity index (χ3v) is 3.24. The fraction of sp³-hybridized carbons (Fsp3) is 0.250. The van der Waals surface area contributed by atoms with Gasteiger partial charge < -0.3 is 11.1 Å². The first-order valence-corrected chi connectivity index (χ1v) is 6.68. The van der Waals surface area contributed by atoms with Gasteiger partial charge in [-0.3, -0.25) is 9.78 Å². The van der Waals surface area contributed by atoms with Gasteiger partial charge in [0.15, 0.2) is 0 Å². The number of nitrogens with zero attached hydrogens (tertiary/aromatic N) is 1. The summed E-state index contributed by atoms with van der Waals surface area (Å²) >= 11 is 0. The molecule has 0 spiro atoms. The maximum Gasteiger partial charge on any atom is 0.229 e. The van der Waals surface area contributed by atoms with Gasteiger partial charge in [0.2, 0.25) is 5.91 Å². The van der Waals surface area contributed by atoms with Crippen molar-refractivity contribution in [1.29, 1.82) is 0 Å². The summed E-state index contributed by atoms with van der Waals surface area (Å²) in [5.41, 5.74) is 7.51. The fourth-order valence-electron chi connectivity index (χ4n) is 2.10. The molecule has 1 aromatic heterocycles. The van der Waals surface area contributed by atoms with Crippen LogP contribution in [0.4, 0.5) is 0 Å². The summed E-state index contributed by atoms with van der Waals surface area (Å²) < 4.78 is 0. The Morgan fingerprint density at radius 3 is 2.50 bits per heavy atom. The minimum absolute atomic E-state index is 0.0724. The number of carbonyl (C=O) groups is 1. The lowest BCUT2D eigenvalue weighted by molar-refractivity contribution is -0.123. The molecule has 2 atom stereocenters. The molecule has 0 fully saturated rings. The van der Waals surface area contributed by atoms with Crippen molar-refractivity contribution in [3.05, 3.63) is 66.0 Å². The third-order valence-electron chi connectivity index (χ3n) is 3.24. The molecule has 2 rings (SSSR count). The molecule has 0 aliphatic rings. The smallest absolute Gasteiger partial charge is 0.229 e. The molecule has 1 heterocycles. The molecule has 4 nitrogen and oxygen atoms in total. The summed E-state index contributed by atoms with van der Waals surface area (Å²) in [6.45, 7) is 2.20. The molecule has 0 radical (unpaired) electrons. The first-order chi connectivity index (χ1) is 9.72. The van der Waals surface area contributed by atoms with Crippen molar-refractivity contribution in [3.63, 3.8) is 0 Å². The number of rotatable bonds is 5. The van der Waals surface area contributed by atoms with Gasteiger partial charge in [0.25, 0.3) is 0 Å². The van der Waals surface area contributed by atoms with Gasteiger partial charge in [-0.2, -0.15) is 0 Å². The molecule has 1 aromatic carbocycles. The fourth-order valence-corrected chi connectivity index (χ4v) is 2.10. The van der Waals surface area contributed by atoms with Crippen LogP contribution in [-0.2, 0) is 4.79 Å². The zero-order valence-corrected chi connectivity index (χ0v) is 11.5. The zero-order valence-electron chi connectivity index (χ0n) is 11.5. The molecule has 4 heteroatoms. The number of amides is 1. The van der Waals surface area contributed by atoms with E-state index in [0.29, 0.717) is 0 Å². The summed E-state index contributed by atoms with van der Waals surface area (Å²) in [5, 5.41) is 2.96. The first-order valence-electron chi connectivity index (χ1n) is 6.68. The average Bonchev–Trinajstić information content (AvgIpc) is 2.50. The van der Waals surface area contributed by atoms with Gasteiger partial charge in [0.05, 0.1) is 17.7 Å². The van der Waals surface area contributed by atoms with Crippen LogP contribution in [-0.4, -0.2) is 17.4 Å². The Kier molecular flexibility index (Phi) is 4.85. The number of carbonyl (C=O) groups excluding carboxylic acids is 1. The Morgan fingerprint density at radius 2 is 1.90 bits per heavy atom. The van der Waals surface area contributed by atoms with Crippen molar-refractivity contribution >= 4 is 5.91 Å². The van der Waals surface area contributed by atoms with Crippen molar-refractivity contribution in [3.8, 4) is 0 Å². The second-order valence-corrected chi connectivity index (χ2v) is 4.68. The summed E-state index contributed by atoms with van der Waals surface area (Å²) in [6.07, 6.45) is 1.72. The summed E-state index contributed by atoms with van der Waals surface area (Å²) in [6, 6.07) is 15.1. The minimum Gasteiger partial charge on any atom is -0.347 e. The predicted octanol–water partition coefficient (Wildman–Crippen LogP) is 2.00. The van der Waals surface area contributed by atoms with Gasteiger partial charge in [-0.25, -0.2) is 0 Å². The molecule has 2 aromatic rings. The Balaban J connectivity index is 2.07. The standard InChI is InChI=1S/C16H19N3O/c1-12(15-9-5-6-10-18-15)19-16(20)14(11-17)13-7-3-2-4-8-13/h2-10,12,14H,11,17H2,1H3,(H,19,20)/t12-,14?/m1/s1. The quantitative estimate of drug-likeness (QED) is 0.872. The monoisotopic (exact) mass is 269 g/mol. The summed E-state index contributed by atoms with van der Waals surface area (Å²) in [4.78, 5) is 16.6. The van der Waals surface area contributed by atoms with Gasteiger partial charge >= 0.3 is 0 Å². The number of benzene rings is 1. The van der Waals surface area contributed by atoms with Crippen molar-refractivity contribution in [2.75, 3.05) is 6.54 Å². The van der Waals surface area contributed by atoms with Crippen molar-refractivity contribution in [1.82, 2.24) is 10.3 Å². The number of aromatic nitrogens is 1. The molecule has 0 bridgehead atoms. The van der Waals surface area contributed by atoms with E-state index in [1.54, 1.807) is 6.20 Å². The van der Waals surface area contributed by atoms with Crippen LogP contribution in [0.2, 0.25) is 0 Å². The van der Waals surface area contributed by atoms with E-state index in [0.717, 1.165) is 11.3 Å². The van der Waals surface area contributed by atoms with Gasteiger partial charge in [-0.15, -0.1) is 0 Å². The molecular weight excluding hydrogens is 250 g/mol. The van der Waals surface area contributed by atoms with Crippen molar-refractivity contribution in [2.24, 2.45) is 5.73 Å². The molecule has 1 unspecified atom stereocenters. The molecule has 1 amide bonds. The second-order valence-electron chi connectivity index (χ2n) is 4.68. The first kappa shape index (κ1) is 14.2. The van der Waals surface area contributed by atoms with Crippen molar-refractivity contribution in [2.45, 2.75) is 18.9 Å². The molecule has 0 aliphatic heterocycles. The maximum atomic E-state index is 12.3. The van der Waals surface area contributed by atoms with Crippen LogP contribution >= 0.6 is 0 Å². The highest BCUT2D eigenvalue weighted by Crippen LogP contribution is 2.16. The van der Waals surface area contributed by atoms with Crippen LogP contribution in [0.5, 0.6) is 0 Å². The average molecular weight is 269 g/mol. The zero-order chi connectivity index (χ0) is 14.4. The highest BCUT2D eigenvalue weighted by molar-refractivity contribution is 5.84. The van der Waals surface area contributed by atoms with E-state index in [2.05, 4.69) is 10.3 Å². The predicted molar refractivity (Wildman–Crippen MR) is 79.0 cm³/mol. The van der Waals surface area contributed by atoms with E-state index in [1.165, 1.54) is 0 Å². The Bertz CT molecular complexity index is 542. The molecule has 3 N–H and O–H groups in total. The van der Waals surface area contributed by atoms with Gasteiger partial charge in [-0.1, -0.05) is 36.4 Å². The third kappa shape index (κ3) is 3.42. The number of hydrogen-bond donors (Lipinski definition) is 2. The molecule has 0 saturated carbocycles. The highest BCUT2D eigenvalue weighted by atomic mass is 16.1. The number of nitrogens with one attached hydrogen (secondary N) is 1. The Hall–Kier alpha value is -2.20. The maximum absolute atomic E-state index is 12.3. The largest absolute Gasteiger partial charge is 0.347 e. The van der Waals surface area contributed by atoms with Crippen molar-refractivity contribution < 1.29 is 4.79 Å². The van der Waals surface area contributed by atoms with E-state index in [1.807, 2.05) is 55.5 Å².